The molecule has 0 radical (unpaired) electrons. The molecule has 2 N–H and O–H groups in total. The summed E-state index contributed by atoms with van der Waals surface area (Å²) < 4.78 is 5.81. The van der Waals surface area contributed by atoms with Crippen LogP contribution in [0.4, 0.5) is 11.4 Å². The number of benzene rings is 2. The number of likely N-dealkylation sites (tertiary alicyclic amines) is 1. The molecule has 7 heteroatoms. The molecule has 2 heterocycles. The van der Waals surface area contributed by atoms with Crippen molar-refractivity contribution in [1.82, 2.24) is 9.88 Å². The summed E-state index contributed by atoms with van der Waals surface area (Å²) in [5, 5.41) is 3.48. The van der Waals surface area contributed by atoms with E-state index in [2.05, 4.69) is 22.4 Å². The van der Waals surface area contributed by atoms with Gasteiger partial charge in [-0.3, -0.25) is 9.78 Å². The highest BCUT2D eigenvalue weighted by molar-refractivity contribution is 5.87. The Morgan fingerprint density at radius 1 is 1.03 bits per heavy atom. The molecule has 0 bridgehead atoms. The summed E-state index contributed by atoms with van der Waals surface area (Å²) in [6.07, 6.45) is 6.72. The summed E-state index contributed by atoms with van der Waals surface area (Å²) in [4.78, 5) is 23.7. The van der Waals surface area contributed by atoms with Gasteiger partial charge in [0.25, 0.3) is 0 Å². The van der Waals surface area contributed by atoms with Crippen LogP contribution in [0.25, 0.3) is 0 Å². The molecule has 7 nitrogen and oxygen atoms in total. The first-order valence-corrected chi connectivity index (χ1v) is 10.6. The molecule has 2 aromatic carbocycles. The van der Waals surface area contributed by atoms with Gasteiger partial charge in [0, 0.05) is 25.3 Å². The van der Waals surface area contributed by atoms with Gasteiger partial charge in [-0.15, -0.1) is 0 Å². The first-order valence-electron chi connectivity index (χ1n) is 10.6. The summed E-state index contributed by atoms with van der Waals surface area (Å²) in [6.45, 7) is 4.97. The maximum Gasteiger partial charge on any atom is 0.246 e. The van der Waals surface area contributed by atoms with Gasteiger partial charge in [0.2, 0.25) is 5.91 Å². The van der Waals surface area contributed by atoms with Gasteiger partial charge >= 0.3 is 0 Å². The molecule has 1 aromatic heterocycles. The van der Waals surface area contributed by atoms with Crippen molar-refractivity contribution in [2.45, 2.75) is 18.9 Å². The molecular weight excluding hydrogens is 404 g/mol. The van der Waals surface area contributed by atoms with Crippen molar-refractivity contribution in [2.24, 2.45) is 0 Å². The number of pyridine rings is 1. The fraction of sp³-hybridized carbons (Fsp3) is 0.200. The van der Waals surface area contributed by atoms with Crippen molar-refractivity contribution in [3.8, 4) is 17.2 Å². The van der Waals surface area contributed by atoms with E-state index in [4.69, 9.17) is 9.57 Å². The van der Waals surface area contributed by atoms with E-state index >= 15 is 0 Å². The van der Waals surface area contributed by atoms with Crippen LogP contribution in [0.15, 0.2) is 85.7 Å². The first kappa shape index (κ1) is 21.2. The summed E-state index contributed by atoms with van der Waals surface area (Å²) >= 11 is 0. The number of piperidine rings is 1. The number of carbonyl (C=O) groups is 1. The normalized spacial score (nSPS) is 15.5. The Morgan fingerprint density at radius 3 is 2.56 bits per heavy atom. The van der Waals surface area contributed by atoms with Crippen LogP contribution >= 0.6 is 0 Å². The lowest BCUT2D eigenvalue weighted by Gasteiger charge is -2.33. The van der Waals surface area contributed by atoms with Crippen molar-refractivity contribution >= 4 is 17.3 Å². The van der Waals surface area contributed by atoms with E-state index in [1.165, 1.54) is 6.08 Å². The number of hydrogen-bond acceptors (Lipinski definition) is 6. The molecular formula is C25H26N4O3. The Labute approximate surface area is 187 Å². The van der Waals surface area contributed by atoms with E-state index in [0.29, 0.717) is 12.3 Å². The molecule has 1 fully saturated rings. The van der Waals surface area contributed by atoms with Crippen molar-refractivity contribution in [2.75, 3.05) is 23.9 Å². The number of amides is 1. The lowest BCUT2D eigenvalue weighted by Crippen LogP contribution is -2.44. The number of aromatic nitrogens is 1. The van der Waals surface area contributed by atoms with Gasteiger partial charge in [0.15, 0.2) is 5.75 Å². The molecule has 0 aliphatic carbocycles. The summed E-state index contributed by atoms with van der Waals surface area (Å²) in [6, 6.07) is 19.0. The largest absolute Gasteiger partial charge is 0.457 e. The standard InChI is InChI=1S/C25H26N4O3/c1-2-25(30)29-16-6-7-19(18-29)27-24-17-26-15-14-23(24)28-32-22-12-10-21(11-13-22)31-20-8-4-3-5-9-20/h2-5,8-15,17,19,27H,1,6-7,16,18H2,(H,26,28). The topological polar surface area (TPSA) is 75.7 Å². The number of para-hydroxylation sites is 1. The van der Waals surface area contributed by atoms with Crippen molar-refractivity contribution in [3.63, 3.8) is 0 Å². The van der Waals surface area contributed by atoms with Gasteiger partial charge in [-0.2, -0.15) is 0 Å². The minimum atomic E-state index is -0.0379. The minimum absolute atomic E-state index is 0.0379. The van der Waals surface area contributed by atoms with Crippen molar-refractivity contribution in [1.29, 1.82) is 0 Å². The molecule has 164 valence electrons. The van der Waals surface area contributed by atoms with Crippen LogP contribution in [0.5, 0.6) is 17.2 Å². The second kappa shape index (κ2) is 10.3. The highest BCUT2D eigenvalue weighted by Crippen LogP contribution is 2.26. The number of anilines is 2. The van der Waals surface area contributed by atoms with Crippen LogP contribution < -0.4 is 20.4 Å². The van der Waals surface area contributed by atoms with Crippen molar-refractivity contribution < 1.29 is 14.4 Å². The maximum absolute atomic E-state index is 11.9. The summed E-state index contributed by atoms with van der Waals surface area (Å²) in [5.41, 5.74) is 4.57. The van der Waals surface area contributed by atoms with Crippen LogP contribution in [-0.2, 0) is 4.79 Å². The molecule has 4 rings (SSSR count). The zero-order valence-electron chi connectivity index (χ0n) is 17.7. The van der Waals surface area contributed by atoms with E-state index < -0.39 is 0 Å². The van der Waals surface area contributed by atoms with Crippen LogP contribution in [0.3, 0.4) is 0 Å². The van der Waals surface area contributed by atoms with Crippen molar-refractivity contribution in [3.05, 3.63) is 85.7 Å². The van der Waals surface area contributed by atoms with Gasteiger partial charge in [-0.05, 0) is 61.4 Å². The quantitative estimate of drug-likeness (QED) is 0.392. The number of nitrogens with one attached hydrogen (secondary N) is 2. The molecule has 1 aliphatic heterocycles. The molecule has 3 aromatic rings. The van der Waals surface area contributed by atoms with E-state index in [9.17, 15) is 4.79 Å². The third-order valence-corrected chi connectivity index (χ3v) is 5.17. The SMILES string of the molecule is C=CC(=O)N1CCCC(Nc2cnccc2NOc2ccc(Oc3ccccc3)cc2)C1. The molecule has 0 spiro atoms. The second-order valence-electron chi connectivity index (χ2n) is 7.48. The van der Waals surface area contributed by atoms with Gasteiger partial charge in [0.05, 0.1) is 17.6 Å². The summed E-state index contributed by atoms with van der Waals surface area (Å²) in [7, 11) is 0. The lowest BCUT2D eigenvalue weighted by molar-refractivity contribution is -0.127. The summed E-state index contributed by atoms with van der Waals surface area (Å²) in [5.74, 6) is 2.12. The second-order valence-corrected chi connectivity index (χ2v) is 7.48. The van der Waals surface area contributed by atoms with E-state index in [1.54, 1.807) is 12.4 Å². The van der Waals surface area contributed by atoms with Gasteiger partial charge in [-0.1, -0.05) is 24.8 Å². The van der Waals surface area contributed by atoms with Gasteiger partial charge < -0.3 is 19.8 Å². The Balaban J connectivity index is 1.35. The third-order valence-electron chi connectivity index (χ3n) is 5.17. The molecule has 1 aliphatic rings. The fourth-order valence-corrected chi connectivity index (χ4v) is 3.56. The number of carbonyl (C=O) groups excluding carboxylic acids is 1. The Hall–Kier alpha value is -4.00. The smallest absolute Gasteiger partial charge is 0.246 e. The zero-order valence-corrected chi connectivity index (χ0v) is 17.7. The monoisotopic (exact) mass is 430 g/mol. The van der Waals surface area contributed by atoms with Gasteiger partial charge in [0.1, 0.15) is 11.5 Å². The van der Waals surface area contributed by atoms with Crippen LogP contribution in [-0.4, -0.2) is 34.9 Å². The highest BCUT2D eigenvalue weighted by Gasteiger charge is 2.22. The Kier molecular flexibility index (Phi) is 6.87. The maximum atomic E-state index is 11.9. The third kappa shape index (κ3) is 5.57. The van der Waals surface area contributed by atoms with Gasteiger partial charge in [-0.25, -0.2) is 5.48 Å². The molecule has 32 heavy (non-hydrogen) atoms. The molecule has 1 atom stereocenters. The fourth-order valence-electron chi connectivity index (χ4n) is 3.56. The van der Waals surface area contributed by atoms with E-state index in [-0.39, 0.29) is 11.9 Å². The molecule has 0 saturated carbocycles. The molecule has 1 unspecified atom stereocenters. The highest BCUT2D eigenvalue weighted by atomic mass is 16.6. The Bertz CT molecular complexity index is 1040. The number of rotatable bonds is 8. The average Bonchev–Trinajstić information content (AvgIpc) is 2.85. The average molecular weight is 431 g/mol. The number of hydrogen-bond donors (Lipinski definition) is 2. The van der Waals surface area contributed by atoms with Crippen LogP contribution in [0, 0.1) is 0 Å². The van der Waals surface area contributed by atoms with E-state index in [1.807, 2.05) is 65.6 Å². The predicted octanol–water partition coefficient (Wildman–Crippen LogP) is 4.87. The first-order chi connectivity index (χ1) is 15.7. The van der Waals surface area contributed by atoms with Crippen LogP contribution in [0.1, 0.15) is 12.8 Å². The van der Waals surface area contributed by atoms with E-state index in [0.717, 1.165) is 42.3 Å². The predicted molar refractivity (Wildman–Crippen MR) is 125 cm³/mol. The lowest BCUT2D eigenvalue weighted by atomic mass is 10.1. The number of nitrogens with zero attached hydrogens (tertiary/aromatic N) is 2. The Morgan fingerprint density at radius 2 is 1.78 bits per heavy atom. The number of ether oxygens (including phenoxy) is 1. The van der Waals surface area contributed by atoms with Crippen LogP contribution in [0.2, 0.25) is 0 Å². The molecule has 1 amide bonds. The minimum Gasteiger partial charge on any atom is -0.457 e. The molecule has 1 saturated heterocycles. The zero-order chi connectivity index (χ0) is 22.2.